The molecule has 0 atom stereocenters. The Kier molecular flexibility index (Phi) is 22.1. The molecule has 0 saturated heterocycles. The molecule has 0 spiro atoms. The highest BCUT2D eigenvalue weighted by Gasteiger charge is 2.02. The molecule has 1 aromatic heterocycles. The molecule has 1 nitrogen and oxygen atoms in total. The van der Waals surface area contributed by atoms with Gasteiger partial charge in [-0.1, -0.05) is 62.3 Å². The van der Waals surface area contributed by atoms with Gasteiger partial charge in [0.2, 0.25) is 0 Å². The normalized spacial score (nSPS) is 7.88. The van der Waals surface area contributed by atoms with Crippen LogP contribution in [0.25, 0.3) is 0 Å². The van der Waals surface area contributed by atoms with Crippen molar-refractivity contribution in [3.05, 3.63) is 29.6 Å². The van der Waals surface area contributed by atoms with E-state index in [1.165, 1.54) is 11.1 Å². The lowest BCUT2D eigenvalue weighted by Crippen LogP contribution is -1.95. The maximum absolute atomic E-state index is 4.10. The first-order valence-corrected chi connectivity index (χ1v) is 7.18. The molecule has 17 heavy (non-hydrogen) atoms. The van der Waals surface area contributed by atoms with Crippen LogP contribution in [0.5, 0.6) is 0 Å². The van der Waals surface area contributed by atoms with Crippen molar-refractivity contribution >= 4 is 0 Å². The predicted molar refractivity (Wildman–Crippen MR) is 81.7 cm³/mol. The third-order valence-electron chi connectivity index (χ3n) is 1.94. The highest BCUT2D eigenvalue weighted by Crippen LogP contribution is 2.17. The first-order valence-electron chi connectivity index (χ1n) is 7.18. The van der Waals surface area contributed by atoms with Gasteiger partial charge in [0.25, 0.3) is 0 Å². The molecule has 0 aliphatic rings. The zero-order valence-corrected chi connectivity index (χ0v) is 13.5. The van der Waals surface area contributed by atoms with Crippen molar-refractivity contribution in [2.45, 2.75) is 74.7 Å². The second-order valence-corrected chi connectivity index (χ2v) is 3.08. The minimum absolute atomic E-state index is 0.618. The lowest BCUT2D eigenvalue weighted by atomic mass is 9.98. The number of hydrogen-bond acceptors (Lipinski definition) is 1. The summed E-state index contributed by atoms with van der Waals surface area (Å²) in [4.78, 5) is 4.10. The second kappa shape index (κ2) is 17.5. The van der Waals surface area contributed by atoms with Crippen LogP contribution in [-0.4, -0.2) is 4.98 Å². The molecule has 0 amide bonds. The third-order valence-corrected chi connectivity index (χ3v) is 1.94. The molecule has 102 valence electrons. The van der Waals surface area contributed by atoms with Crippen LogP contribution in [0.3, 0.4) is 0 Å². The zero-order chi connectivity index (χ0) is 14.3. The predicted octanol–water partition coefficient (Wildman–Crippen LogP) is 5.85. The van der Waals surface area contributed by atoms with Crippen molar-refractivity contribution in [2.75, 3.05) is 0 Å². The molecule has 1 aromatic rings. The van der Waals surface area contributed by atoms with Crippen LogP contribution in [0, 0.1) is 0 Å². The summed E-state index contributed by atoms with van der Waals surface area (Å²) in [6.45, 7) is 18.6. The van der Waals surface area contributed by atoms with Crippen molar-refractivity contribution in [2.24, 2.45) is 0 Å². The highest BCUT2D eigenvalue weighted by molar-refractivity contribution is 5.25. The summed E-state index contributed by atoms with van der Waals surface area (Å²) in [6, 6.07) is 2.11. The number of rotatable bonds is 2. The van der Waals surface area contributed by atoms with Gasteiger partial charge in [-0.2, -0.15) is 0 Å². The van der Waals surface area contributed by atoms with Crippen molar-refractivity contribution in [3.8, 4) is 0 Å². The molecule has 1 heteroatoms. The van der Waals surface area contributed by atoms with Crippen LogP contribution in [0.15, 0.2) is 18.5 Å². The third kappa shape index (κ3) is 10.0. The van der Waals surface area contributed by atoms with Gasteiger partial charge in [0, 0.05) is 12.4 Å². The van der Waals surface area contributed by atoms with Crippen LogP contribution < -0.4 is 0 Å². The van der Waals surface area contributed by atoms with E-state index in [9.17, 15) is 0 Å². The average molecular weight is 239 g/mol. The molecular weight excluding hydrogens is 206 g/mol. The Balaban J connectivity index is -0.000000285. The molecule has 0 unspecified atom stereocenters. The lowest BCUT2D eigenvalue weighted by Gasteiger charge is -2.09. The summed E-state index contributed by atoms with van der Waals surface area (Å²) in [5.74, 6) is 0.618. The van der Waals surface area contributed by atoms with Gasteiger partial charge in [-0.15, -0.1) is 0 Å². The fraction of sp³-hybridized carbons (Fsp3) is 0.688. The average Bonchev–Trinajstić information content (AvgIpc) is 2.45. The molecule has 0 fully saturated rings. The molecule has 0 aliphatic carbocycles. The summed E-state index contributed by atoms with van der Waals surface area (Å²) in [5.41, 5.74) is 2.81. The van der Waals surface area contributed by atoms with Gasteiger partial charge < -0.3 is 0 Å². The Morgan fingerprint density at radius 1 is 1.00 bits per heavy atom. The fourth-order valence-electron chi connectivity index (χ4n) is 1.30. The van der Waals surface area contributed by atoms with E-state index in [0.29, 0.717) is 5.92 Å². The number of nitrogens with zero attached hydrogens (tertiary/aromatic N) is 1. The Morgan fingerprint density at radius 2 is 1.47 bits per heavy atom. The summed E-state index contributed by atoms with van der Waals surface area (Å²) in [7, 11) is 0. The van der Waals surface area contributed by atoms with Gasteiger partial charge in [-0.3, -0.25) is 4.98 Å². The quantitative estimate of drug-likeness (QED) is 0.631. The Morgan fingerprint density at radius 3 is 1.76 bits per heavy atom. The number of pyridine rings is 1. The first-order chi connectivity index (χ1) is 8.25. The molecule has 1 heterocycles. The van der Waals surface area contributed by atoms with Crippen LogP contribution in [-0.2, 0) is 6.42 Å². The van der Waals surface area contributed by atoms with Gasteiger partial charge in [-0.05, 0) is 29.5 Å². The Bertz CT molecular complexity index is 229. The highest BCUT2D eigenvalue weighted by atomic mass is 14.6. The van der Waals surface area contributed by atoms with E-state index in [0.717, 1.165) is 6.42 Å². The van der Waals surface area contributed by atoms with Crippen LogP contribution >= 0.6 is 0 Å². The van der Waals surface area contributed by atoms with E-state index >= 15 is 0 Å². The maximum atomic E-state index is 4.10. The van der Waals surface area contributed by atoms with Gasteiger partial charge in [-0.25, -0.2) is 0 Å². The number of hydrogen-bond donors (Lipinski definition) is 0. The van der Waals surface area contributed by atoms with Gasteiger partial charge in [0.05, 0.1) is 0 Å². The van der Waals surface area contributed by atoms with Crippen molar-refractivity contribution in [1.82, 2.24) is 4.98 Å². The SMILES string of the molecule is CC.CC.CC.CCc1cnccc1C(C)C. The monoisotopic (exact) mass is 239 g/mol. The van der Waals surface area contributed by atoms with Gasteiger partial charge in [0.1, 0.15) is 0 Å². The Labute approximate surface area is 110 Å². The molecule has 0 radical (unpaired) electrons. The van der Waals surface area contributed by atoms with Crippen molar-refractivity contribution in [3.63, 3.8) is 0 Å². The molecule has 0 aliphatic heterocycles. The standard InChI is InChI=1S/C10H15N.3C2H6/c1-4-9-7-11-6-5-10(9)8(2)3;3*1-2/h5-8H,4H2,1-3H3;3*1-2H3. The minimum atomic E-state index is 0.618. The first kappa shape index (κ1) is 21.4. The van der Waals surface area contributed by atoms with E-state index in [1.54, 1.807) is 0 Å². The molecule has 0 aromatic carbocycles. The van der Waals surface area contributed by atoms with Crippen molar-refractivity contribution in [1.29, 1.82) is 0 Å². The summed E-state index contributed by atoms with van der Waals surface area (Å²) >= 11 is 0. The van der Waals surface area contributed by atoms with E-state index < -0.39 is 0 Å². The van der Waals surface area contributed by atoms with E-state index in [2.05, 4.69) is 31.8 Å². The van der Waals surface area contributed by atoms with Crippen LogP contribution in [0.4, 0.5) is 0 Å². The molecule has 1 rings (SSSR count). The van der Waals surface area contributed by atoms with Crippen LogP contribution in [0.1, 0.15) is 79.4 Å². The summed E-state index contributed by atoms with van der Waals surface area (Å²) in [6.07, 6.45) is 4.92. The zero-order valence-electron chi connectivity index (χ0n) is 13.5. The van der Waals surface area contributed by atoms with Gasteiger partial charge >= 0.3 is 0 Å². The van der Waals surface area contributed by atoms with Gasteiger partial charge in [0.15, 0.2) is 0 Å². The summed E-state index contributed by atoms with van der Waals surface area (Å²) in [5, 5.41) is 0. The van der Waals surface area contributed by atoms with Crippen molar-refractivity contribution < 1.29 is 0 Å². The second-order valence-electron chi connectivity index (χ2n) is 3.08. The van der Waals surface area contributed by atoms with E-state index in [-0.39, 0.29) is 0 Å². The molecular formula is C16H33N. The Hall–Kier alpha value is -0.850. The number of aromatic nitrogens is 1. The smallest absolute Gasteiger partial charge is 0.0302 e. The maximum Gasteiger partial charge on any atom is 0.0302 e. The topological polar surface area (TPSA) is 12.9 Å². The van der Waals surface area contributed by atoms with E-state index in [4.69, 9.17) is 0 Å². The minimum Gasteiger partial charge on any atom is -0.264 e. The summed E-state index contributed by atoms with van der Waals surface area (Å²) < 4.78 is 0. The van der Waals surface area contributed by atoms with E-state index in [1.807, 2.05) is 53.9 Å². The lowest BCUT2D eigenvalue weighted by molar-refractivity contribution is 0.838. The molecule has 0 saturated carbocycles. The largest absolute Gasteiger partial charge is 0.264 e. The molecule has 0 N–H and O–H groups in total. The molecule has 0 bridgehead atoms. The fourth-order valence-corrected chi connectivity index (χ4v) is 1.30. The van der Waals surface area contributed by atoms with Crippen LogP contribution in [0.2, 0.25) is 0 Å². The number of aryl methyl sites for hydroxylation is 1.